The fourth-order valence-electron chi connectivity index (χ4n) is 1.88. The van der Waals surface area contributed by atoms with Crippen molar-refractivity contribution in [3.8, 4) is 0 Å². The van der Waals surface area contributed by atoms with Crippen molar-refractivity contribution in [2.75, 3.05) is 59.4 Å². The maximum atomic E-state index is 11.8. The van der Waals surface area contributed by atoms with Crippen molar-refractivity contribution < 1.29 is 23.7 Å². The molecule has 0 aromatic heterocycles. The molecule has 0 fully saturated rings. The van der Waals surface area contributed by atoms with E-state index < -0.39 is 0 Å². The summed E-state index contributed by atoms with van der Waals surface area (Å²) in [5.74, 6) is 0.696. The van der Waals surface area contributed by atoms with Gasteiger partial charge in [0.05, 0.1) is 52.9 Å². The Balaban J connectivity index is 1.78. The number of ether oxygens (including phenoxy) is 4. The molecule has 0 unspecified atom stereocenters. The van der Waals surface area contributed by atoms with Gasteiger partial charge in [-0.05, 0) is 11.1 Å². The number of carbonyl (C=O) groups excluding carboxylic acids is 1. The Morgan fingerprint density at radius 1 is 0.889 bits per heavy atom. The summed E-state index contributed by atoms with van der Waals surface area (Å²) in [6.07, 6.45) is 0.403. The average molecular weight is 397 g/mol. The molecule has 0 radical (unpaired) electrons. The molecule has 0 aliphatic rings. The van der Waals surface area contributed by atoms with Crippen LogP contribution in [0.3, 0.4) is 0 Å². The second-order valence-electron chi connectivity index (χ2n) is 5.30. The topological polar surface area (TPSA) is 103 Å². The van der Waals surface area contributed by atoms with Crippen LogP contribution < -0.4 is 0 Å². The Morgan fingerprint density at radius 3 is 2.04 bits per heavy atom. The average Bonchev–Trinajstić information content (AvgIpc) is 2.70. The molecule has 8 nitrogen and oxygen atoms in total. The number of benzene rings is 1. The highest BCUT2D eigenvalue weighted by Crippen LogP contribution is 2.14. The summed E-state index contributed by atoms with van der Waals surface area (Å²) >= 11 is 1.32. The molecule has 0 atom stereocenters. The lowest BCUT2D eigenvalue weighted by Crippen LogP contribution is -2.13. The standard InChI is InChI=1S/C18H27N3O5S/c19-21-20-7-9-24-11-13-26-15-14-25-12-10-23-8-6-18(22)27-16-17-4-2-1-3-5-17/h1-5H,6-16H2. The van der Waals surface area contributed by atoms with Crippen molar-refractivity contribution in [3.63, 3.8) is 0 Å². The molecule has 0 saturated carbocycles. The van der Waals surface area contributed by atoms with Crippen molar-refractivity contribution in [2.24, 2.45) is 5.11 Å². The zero-order valence-electron chi connectivity index (χ0n) is 15.5. The van der Waals surface area contributed by atoms with Gasteiger partial charge in [-0.15, -0.1) is 0 Å². The van der Waals surface area contributed by atoms with Crippen LogP contribution in [0, 0.1) is 0 Å². The molecule has 0 aliphatic carbocycles. The molecule has 9 heteroatoms. The largest absolute Gasteiger partial charge is 0.379 e. The van der Waals surface area contributed by atoms with Gasteiger partial charge < -0.3 is 18.9 Å². The summed E-state index contributed by atoms with van der Waals surface area (Å²) in [6, 6.07) is 9.92. The first-order chi connectivity index (χ1) is 13.3. The molecule has 0 saturated heterocycles. The van der Waals surface area contributed by atoms with Crippen LogP contribution in [0.15, 0.2) is 35.4 Å². The van der Waals surface area contributed by atoms with Crippen molar-refractivity contribution in [2.45, 2.75) is 12.2 Å². The molecule has 0 heterocycles. The fraction of sp³-hybridized carbons (Fsp3) is 0.611. The van der Waals surface area contributed by atoms with Gasteiger partial charge in [0.1, 0.15) is 0 Å². The summed E-state index contributed by atoms with van der Waals surface area (Å²) < 4.78 is 21.3. The van der Waals surface area contributed by atoms with E-state index in [1.807, 2.05) is 30.3 Å². The summed E-state index contributed by atoms with van der Waals surface area (Å²) in [5.41, 5.74) is 9.23. The first-order valence-corrected chi connectivity index (χ1v) is 9.83. The van der Waals surface area contributed by atoms with E-state index in [1.54, 1.807) is 0 Å². The second-order valence-corrected chi connectivity index (χ2v) is 6.33. The molecule has 0 amide bonds. The molecule has 1 aromatic rings. The lowest BCUT2D eigenvalue weighted by molar-refractivity contribution is -0.112. The van der Waals surface area contributed by atoms with E-state index in [1.165, 1.54) is 11.8 Å². The monoisotopic (exact) mass is 397 g/mol. The van der Waals surface area contributed by atoms with Crippen LogP contribution in [0.25, 0.3) is 10.4 Å². The molecule has 0 N–H and O–H groups in total. The van der Waals surface area contributed by atoms with Crippen LogP contribution in [0.1, 0.15) is 12.0 Å². The highest BCUT2D eigenvalue weighted by Gasteiger charge is 2.03. The van der Waals surface area contributed by atoms with E-state index in [-0.39, 0.29) is 5.12 Å². The predicted octanol–water partition coefficient (Wildman–Crippen LogP) is 3.21. The van der Waals surface area contributed by atoms with Gasteiger partial charge in [0, 0.05) is 23.6 Å². The first-order valence-electron chi connectivity index (χ1n) is 8.84. The molecule has 1 rings (SSSR count). The van der Waals surface area contributed by atoms with Gasteiger partial charge in [0.15, 0.2) is 5.12 Å². The third-order valence-corrected chi connectivity index (χ3v) is 4.21. The van der Waals surface area contributed by atoms with Crippen LogP contribution in [0.2, 0.25) is 0 Å². The van der Waals surface area contributed by atoms with Gasteiger partial charge in [0.25, 0.3) is 0 Å². The molecule has 27 heavy (non-hydrogen) atoms. The van der Waals surface area contributed by atoms with Crippen LogP contribution in [0.5, 0.6) is 0 Å². The van der Waals surface area contributed by atoms with E-state index >= 15 is 0 Å². The molecule has 0 spiro atoms. The molecule has 1 aromatic carbocycles. The summed E-state index contributed by atoms with van der Waals surface area (Å²) in [4.78, 5) is 14.4. The molecule has 150 valence electrons. The smallest absolute Gasteiger partial charge is 0.191 e. The first kappa shape index (κ1) is 23.4. The Hall–Kier alpha value is -1.61. The lowest BCUT2D eigenvalue weighted by atomic mass is 10.2. The van der Waals surface area contributed by atoms with Crippen molar-refractivity contribution >= 4 is 16.9 Å². The minimum Gasteiger partial charge on any atom is -0.379 e. The third kappa shape index (κ3) is 15.2. The van der Waals surface area contributed by atoms with E-state index in [0.717, 1.165) is 5.56 Å². The minimum atomic E-state index is 0.134. The summed E-state index contributed by atoms with van der Waals surface area (Å²) in [5, 5.41) is 3.49. The Labute approximate surface area is 164 Å². The maximum Gasteiger partial charge on any atom is 0.191 e. The van der Waals surface area contributed by atoms with Crippen LogP contribution in [0.4, 0.5) is 0 Å². The van der Waals surface area contributed by atoms with E-state index in [4.69, 9.17) is 24.5 Å². The molecule has 0 bridgehead atoms. The quantitative estimate of drug-likeness (QED) is 0.173. The number of nitrogens with zero attached hydrogens (tertiary/aromatic N) is 3. The van der Waals surface area contributed by atoms with Gasteiger partial charge in [-0.25, -0.2) is 0 Å². The van der Waals surface area contributed by atoms with E-state index in [0.29, 0.717) is 71.6 Å². The molecule has 0 aliphatic heterocycles. The zero-order chi connectivity index (χ0) is 19.4. The van der Waals surface area contributed by atoms with Crippen molar-refractivity contribution in [3.05, 3.63) is 46.3 Å². The third-order valence-electron chi connectivity index (χ3n) is 3.21. The Bertz CT molecular complexity index is 541. The molecular formula is C18H27N3O5S. The lowest BCUT2D eigenvalue weighted by Gasteiger charge is -2.07. The van der Waals surface area contributed by atoms with Crippen molar-refractivity contribution in [1.82, 2.24) is 0 Å². The number of carbonyl (C=O) groups is 1. The summed E-state index contributed by atoms with van der Waals surface area (Å²) in [6.45, 7) is 3.96. The second kappa shape index (κ2) is 17.8. The number of hydrogen-bond donors (Lipinski definition) is 0. The van der Waals surface area contributed by atoms with E-state index in [9.17, 15) is 4.79 Å². The van der Waals surface area contributed by atoms with Crippen molar-refractivity contribution in [1.29, 1.82) is 0 Å². The van der Waals surface area contributed by atoms with Gasteiger partial charge in [-0.3, -0.25) is 4.79 Å². The van der Waals surface area contributed by atoms with Crippen LogP contribution in [-0.2, 0) is 29.5 Å². The highest BCUT2D eigenvalue weighted by atomic mass is 32.2. The van der Waals surface area contributed by atoms with E-state index in [2.05, 4.69) is 10.0 Å². The normalized spacial score (nSPS) is 10.5. The zero-order valence-corrected chi connectivity index (χ0v) is 16.3. The van der Waals surface area contributed by atoms with Gasteiger partial charge in [-0.1, -0.05) is 47.2 Å². The SMILES string of the molecule is [N-]=[N+]=NCCOCCOCCOCCOCCC(=O)SCc1ccccc1. The number of hydrogen-bond acceptors (Lipinski definition) is 7. The van der Waals surface area contributed by atoms with Crippen LogP contribution >= 0.6 is 11.8 Å². The minimum absolute atomic E-state index is 0.134. The number of azide groups is 1. The summed E-state index contributed by atoms with van der Waals surface area (Å²) in [7, 11) is 0. The fourth-order valence-corrected chi connectivity index (χ4v) is 2.63. The Morgan fingerprint density at radius 2 is 1.44 bits per heavy atom. The van der Waals surface area contributed by atoms with Gasteiger partial charge in [-0.2, -0.15) is 0 Å². The van der Waals surface area contributed by atoms with Gasteiger partial charge in [0.2, 0.25) is 0 Å². The Kier molecular flexibility index (Phi) is 15.4. The molecular weight excluding hydrogens is 370 g/mol. The highest BCUT2D eigenvalue weighted by molar-refractivity contribution is 8.12. The number of rotatable bonds is 17. The predicted molar refractivity (Wildman–Crippen MR) is 105 cm³/mol. The van der Waals surface area contributed by atoms with Gasteiger partial charge >= 0.3 is 0 Å². The maximum absolute atomic E-state index is 11.8. The number of thioether (sulfide) groups is 1. The van der Waals surface area contributed by atoms with Crippen LogP contribution in [-0.4, -0.2) is 64.5 Å².